The Balaban J connectivity index is 2.24. The normalized spacial score (nSPS) is 21.4. The van der Waals surface area contributed by atoms with Crippen LogP contribution >= 0.6 is 0 Å². The van der Waals surface area contributed by atoms with Crippen LogP contribution in [0, 0.1) is 11.3 Å². The second-order valence-electron chi connectivity index (χ2n) is 5.55. The van der Waals surface area contributed by atoms with Gasteiger partial charge in [0.1, 0.15) is 0 Å². The van der Waals surface area contributed by atoms with Gasteiger partial charge in [0.15, 0.2) is 0 Å². The summed E-state index contributed by atoms with van der Waals surface area (Å²) in [6, 6.07) is 0. The Morgan fingerprint density at radius 2 is 2.06 bits per heavy atom. The molecule has 0 saturated carbocycles. The molecule has 1 aliphatic heterocycles. The lowest BCUT2D eigenvalue weighted by atomic mass is 9.81. The van der Waals surface area contributed by atoms with Crippen molar-refractivity contribution < 1.29 is 4.79 Å². The summed E-state index contributed by atoms with van der Waals surface area (Å²) in [5.74, 6) is 0.718. The molecule has 3 nitrogen and oxygen atoms in total. The molecule has 0 aliphatic carbocycles. The highest BCUT2D eigenvalue weighted by molar-refractivity contribution is 5.76. The predicted octanol–water partition coefficient (Wildman–Crippen LogP) is 1.93. The standard InChI is InChI=1S/C13H26N2O/c1-4-11(2)9-12(16)15-10-13(3)5-7-14-8-6-13/h11,14H,4-10H2,1-3H3,(H,15,16). The van der Waals surface area contributed by atoms with E-state index < -0.39 is 0 Å². The molecule has 1 saturated heterocycles. The lowest BCUT2D eigenvalue weighted by Crippen LogP contribution is -2.43. The van der Waals surface area contributed by atoms with Gasteiger partial charge in [-0.1, -0.05) is 27.2 Å². The second-order valence-corrected chi connectivity index (χ2v) is 5.55. The summed E-state index contributed by atoms with van der Waals surface area (Å²) in [7, 11) is 0. The minimum atomic E-state index is 0.217. The van der Waals surface area contributed by atoms with E-state index in [4.69, 9.17) is 0 Å². The number of piperidine rings is 1. The molecule has 1 heterocycles. The highest BCUT2D eigenvalue weighted by atomic mass is 16.1. The highest BCUT2D eigenvalue weighted by Crippen LogP contribution is 2.26. The molecule has 0 spiro atoms. The summed E-state index contributed by atoms with van der Waals surface area (Å²) in [5, 5.41) is 6.45. The van der Waals surface area contributed by atoms with Gasteiger partial charge in [-0.25, -0.2) is 0 Å². The van der Waals surface area contributed by atoms with Crippen LogP contribution in [0.1, 0.15) is 46.5 Å². The number of nitrogens with one attached hydrogen (secondary N) is 2. The Bertz CT molecular complexity index is 222. The van der Waals surface area contributed by atoms with Gasteiger partial charge in [-0.15, -0.1) is 0 Å². The van der Waals surface area contributed by atoms with Gasteiger partial charge >= 0.3 is 0 Å². The van der Waals surface area contributed by atoms with Gasteiger partial charge in [0, 0.05) is 13.0 Å². The van der Waals surface area contributed by atoms with Crippen LogP contribution in [0.25, 0.3) is 0 Å². The Labute approximate surface area is 99.4 Å². The average molecular weight is 226 g/mol. The zero-order valence-corrected chi connectivity index (χ0v) is 10.9. The molecule has 3 heteroatoms. The van der Waals surface area contributed by atoms with Crippen molar-refractivity contribution in [2.75, 3.05) is 19.6 Å². The Hall–Kier alpha value is -0.570. The van der Waals surface area contributed by atoms with E-state index in [1.165, 1.54) is 0 Å². The molecule has 1 unspecified atom stereocenters. The molecule has 1 amide bonds. The minimum Gasteiger partial charge on any atom is -0.356 e. The summed E-state index contributed by atoms with van der Waals surface area (Å²) in [4.78, 5) is 11.7. The molecule has 16 heavy (non-hydrogen) atoms. The minimum absolute atomic E-state index is 0.217. The third kappa shape index (κ3) is 4.52. The van der Waals surface area contributed by atoms with Gasteiger partial charge in [-0.2, -0.15) is 0 Å². The molecule has 2 N–H and O–H groups in total. The van der Waals surface area contributed by atoms with Crippen molar-refractivity contribution in [2.45, 2.75) is 46.5 Å². The molecule has 0 bridgehead atoms. The van der Waals surface area contributed by atoms with Crippen LogP contribution in [0.2, 0.25) is 0 Å². The van der Waals surface area contributed by atoms with Gasteiger partial charge in [0.05, 0.1) is 0 Å². The lowest BCUT2D eigenvalue weighted by molar-refractivity contribution is -0.122. The van der Waals surface area contributed by atoms with Crippen molar-refractivity contribution in [3.63, 3.8) is 0 Å². The van der Waals surface area contributed by atoms with Gasteiger partial charge in [0.25, 0.3) is 0 Å². The maximum Gasteiger partial charge on any atom is 0.220 e. The predicted molar refractivity (Wildman–Crippen MR) is 67.3 cm³/mol. The van der Waals surface area contributed by atoms with Crippen molar-refractivity contribution in [3.05, 3.63) is 0 Å². The van der Waals surface area contributed by atoms with E-state index in [1.807, 2.05) is 0 Å². The van der Waals surface area contributed by atoms with Gasteiger partial charge in [0.2, 0.25) is 5.91 Å². The monoisotopic (exact) mass is 226 g/mol. The Morgan fingerprint density at radius 1 is 1.44 bits per heavy atom. The average Bonchev–Trinajstić information content (AvgIpc) is 2.27. The number of carbonyl (C=O) groups excluding carboxylic acids is 1. The molecule has 1 fully saturated rings. The van der Waals surface area contributed by atoms with Crippen molar-refractivity contribution in [2.24, 2.45) is 11.3 Å². The zero-order valence-electron chi connectivity index (χ0n) is 10.9. The molecule has 1 rings (SSSR count). The third-order valence-electron chi connectivity index (χ3n) is 3.75. The van der Waals surface area contributed by atoms with Gasteiger partial charge in [-0.05, 0) is 37.3 Å². The first-order valence-corrected chi connectivity index (χ1v) is 6.53. The van der Waals surface area contributed by atoms with Crippen LogP contribution < -0.4 is 10.6 Å². The van der Waals surface area contributed by atoms with Crippen LogP contribution in [-0.4, -0.2) is 25.5 Å². The lowest BCUT2D eigenvalue weighted by Gasteiger charge is -2.34. The smallest absolute Gasteiger partial charge is 0.220 e. The van der Waals surface area contributed by atoms with E-state index in [0.717, 1.165) is 38.9 Å². The summed E-state index contributed by atoms with van der Waals surface area (Å²) in [6.45, 7) is 9.54. The summed E-state index contributed by atoms with van der Waals surface area (Å²) < 4.78 is 0. The van der Waals surface area contributed by atoms with Crippen molar-refractivity contribution in [1.29, 1.82) is 0 Å². The van der Waals surface area contributed by atoms with E-state index >= 15 is 0 Å². The first-order chi connectivity index (χ1) is 7.56. The van der Waals surface area contributed by atoms with Crippen LogP contribution in [0.3, 0.4) is 0 Å². The van der Waals surface area contributed by atoms with Crippen molar-refractivity contribution in [1.82, 2.24) is 10.6 Å². The van der Waals surface area contributed by atoms with Crippen LogP contribution in [0.5, 0.6) is 0 Å². The van der Waals surface area contributed by atoms with Gasteiger partial charge < -0.3 is 10.6 Å². The molecule has 0 aromatic carbocycles. The molecule has 1 aliphatic rings. The molecule has 0 aromatic heterocycles. The van der Waals surface area contributed by atoms with Crippen LogP contribution in [0.15, 0.2) is 0 Å². The van der Waals surface area contributed by atoms with E-state index in [9.17, 15) is 4.79 Å². The molecule has 94 valence electrons. The highest BCUT2D eigenvalue weighted by Gasteiger charge is 2.26. The number of hydrogen-bond acceptors (Lipinski definition) is 2. The van der Waals surface area contributed by atoms with Gasteiger partial charge in [-0.3, -0.25) is 4.79 Å². The first-order valence-electron chi connectivity index (χ1n) is 6.53. The number of rotatable bonds is 5. The maximum atomic E-state index is 11.7. The topological polar surface area (TPSA) is 41.1 Å². The molecular weight excluding hydrogens is 200 g/mol. The number of amides is 1. The molecule has 0 radical (unpaired) electrons. The molecule has 0 aromatic rings. The fraction of sp³-hybridized carbons (Fsp3) is 0.923. The fourth-order valence-corrected chi connectivity index (χ4v) is 2.05. The third-order valence-corrected chi connectivity index (χ3v) is 3.75. The van der Waals surface area contributed by atoms with Crippen LogP contribution in [0.4, 0.5) is 0 Å². The van der Waals surface area contributed by atoms with Crippen molar-refractivity contribution in [3.8, 4) is 0 Å². The Kier molecular flexibility index (Phi) is 5.26. The summed E-state index contributed by atoms with van der Waals surface area (Å²) in [5.41, 5.74) is 0.302. The number of carbonyl (C=O) groups is 1. The van der Waals surface area contributed by atoms with E-state index in [1.54, 1.807) is 0 Å². The largest absolute Gasteiger partial charge is 0.356 e. The van der Waals surface area contributed by atoms with E-state index in [2.05, 4.69) is 31.4 Å². The summed E-state index contributed by atoms with van der Waals surface area (Å²) >= 11 is 0. The van der Waals surface area contributed by atoms with E-state index in [0.29, 0.717) is 17.8 Å². The fourth-order valence-electron chi connectivity index (χ4n) is 2.05. The first kappa shape index (κ1) is 13.5. The molecular formula is C13H26N2O. The second kappa shape index (κ2) is 6.24. The summed E-state index contributed by atoms with van der Waals surface area (Å²) in [6.07, 6.45) is 4.08. The van der Waals surface area contributed by atoms with Crippen molar-refractivity contribution >= 4 is 5.91 Å². The maximum absolute atomic E-state index is 11.7. The molecule has 1 atom stereocenters. The Morgan fingerprint density at radius 3 is 2.62 bits per heavy atom. The SMILES string of the molecule is CCC(C)CC(=O)NCC1(C)CCNCC1. The zero-order chi connectivity index (χ0) is 12.0. The quantitative estimate of drug-likeness (QED) is 0.752. The van der Waals surface area contributed by atoms with Crippen LogP contribution in [-0.2, 0) is 4.79 Å². The van der Waals surface area contributed by atoms with E-state index in [-0.39, 0.29) is 5.91 Å². The number of hydrogen-bond donors (Lipinski definition) is 2.